The third-order valence-electron chi connectivity index (χ3n) is 4.24. The zero-order chi connectivity index (χ0) is 21.0. The summed E-state index contributed by atoms with van der Waals surface area (Å²) in [6, 6.07) is 7.82. The van der Waals surface area contributed by atoms with Crippen LogP contribution in [-0.2, 0) is 9.59 Å². The lowest BCUT2D eigenvalue weighted by molar-refractivity contribution is -0.137. The second-order valence-corrected chi connectivity index (χ2v) is 8.27. The van der Waals surface area contributed by atoms with Crippen molar-refractivity contribution < 1.29 is 28.3 Å². The van der Waals surface area contributed by atoms with E-state index in [1.165, 1.54) is 12.1 Å². The Balaban J connectivity index is 1.65. The maximum atomic E-state index is 14.1. The molecule has 2 amide bonds. The van der Waals surface area contributed by atoms with Gasteiger partial charge in [-0.15, -0.1) is 0 Å². The molecule has 1 aliphatic rings. The van der Waals surface area contributed by atoms with E-state index in [2.05, 4.69) is 15.9 Å². The Morgan fingerprint density at radius 3 is 2.72 bits per heavy atom. The summed E-state index contributed by atoms with van der Waals surface area (Å²) in [7, 11) is 0. The number of hydrogen-bond acceptors (Lipinski definition) is 5. The standard InChI is InChI=1S/C20H17BrFNO5S/c21-12-5-7-14(15(22)10-12)16-8-6-13(28-16)11-17-19(26)23(20(27)29-17)9-3-1-2-4-18(24)25/h5-8,10-11H,1-4,9H2,(H,24,25)/b17-11-. The highest BCUT2D eigenvalue weighted by Gasteiger charge is 2.34. The summed E-state index contributed by atoms with van der Waals surface area (Å²) in [5.41, 5.74) is 0.294. The maximum absolute atomic E-state index is 14.1. The smallest absolute Gasteiger partial charge is 0.303 e. The van der Waals surface area contributed by atoms with E-state index in [4.69, 9.17) is 9.52 Å². The number of unbranched alkanes of at least 4 members (excludes halogenated alkanes) is 2. The van der Waals surface area contributed by atoms with Crippen molar-refractivity contribution in [1.82, 2.24) is 4.90 Å². The molecule has 1 saturated heterocycles. The van der Waals surface area contributed by atoms with Crippen LogP contribution in [0.5, 0.6) is 0 Å². The number of imide groups is 1. The second kappa shape index (κ2) is 9.41. The molecule has 0 saturated carbocycles. The highest BCUT2D eigenvalue weighted by Crippen LogP contribution is 2.34. The van der Waals surface area contributed by atoms with E-state index in [-0.39, 0.29) is 23.1 Å². The van der Waals surface area contributed by atoms with Crippen LogP contribution in [0.1, 0.15) is 31.4 Å². The van der Waals surface area contributed by atoms with Gasteiger partial charge in [0.2, 0.25) is 0 Å². The van der Waals surface area contributed by atoms with Crippen LogP contribution in [0.3, 0.4) is 0 Å². The molecule has 0 bridgehead atoms. The quantitative estimate of drug-likeness (QED) is 0.393. The molecule has 1 fully saturated rings. The molecule has 2 heterocycles. The van der Waals surface area contributed by atoms with Gasteiger partial charge in [-0.2, -0.15) is 0 Å². The minimum Gasteiger partial charge on any atom is -0.481 e. The molecule has 1 aliphatic heterocycles. The van der Waals surface area contributed by atoms with E-state index in [1.807, 2.05) is 0 Å². The van der Waals surface area contributed by atoms with Gasteiger partial charge in [0.05, 0.1) is 10.5 Å². The topological polar surface area (TPSA) is 87.8 Å². The molecule has 0 spiro atoms. The van der Waals surface area contributed by atoms with Crippen molar-refractivity contribution in [3.05, 3.63) is 51.3 Å². The van der Waals surface area contributed by atoms with Gasteiger partial charge in [-0.1, -0.05) is 22.4 Å². The number of rotatable bonds is 8. The Kier molecular flexibility index (Phi) is 6.92. The predicted molar refractivity (Wildman–Crippen MR) is 111 cm³/mol. The lowest BCUT2D eigenvalue weighted by Gasteiger charge is -2.11. The fourth-order valence-corrected chi connectivity index (χ4v) is 3.99. The molecule has 0 aliphatic carbocycles. The number of carbonyl (C=O) groups is 3. The molecule has 6 nitrogen and oxygen atoms in total. The van der Waals surface area contributed by atoms with Gasteiger partial charge in [0.1, 0.15) is 17.3 Å². The summed E-state index contributed by atoms with van der Waals surface area (Å²) in [4.78, 5) is 36.5. The van der Waals surface area contributed by atoms with Crippen LogP contribution in [0.15, 0.2) is 44.1 Å². The van der Waals surface area contributed by atoms with Crippen molar-refractivity contribution in [3.63, 3.8) is 0 Å². The molecule has 9 heteroatoms. The van der Waals surface area contributed by atoms with Gasteiger partial charge in [0.15, 0.2) is 0 Å². The first-order chi connectivity index (χ1) is 13.8. The summed E-state index contributed by atoms with van der Waals surface area (Å²) in [5, 5.41) is 8.25. The Morgan fingerprint density at radius 1 is 1.21 bits per heavy atom. The van der Waals surface area contributed by atoms with Crippen molar-refractivity contribution >= 4 is 50.9 Å². The molecular formula is C20H17BrFNO5S. The number of halogens is 2. The maximum Gasteiger partial charge on any atom is 0.303 e. The first-order valence-corrected chi connectivity index (χ1v) is 10.5. The van der Waals surface area contributed by atoms with Crippen LogP contribution in [-0.4, -0.2) is 33.7 Å². The first-order valence-electron chi connectivity index (χ1n) is 8.87. The Hall–Kier alpha value is -2.39. The van der Waals surface area contributed by atoms with E-state index in [0.717, 1.165) is 16.7 Å². The highest BCUT2D eigenvalue weighted by molar-refractivity contribution is 9.10. The van der Waals surface area contributed by atoms with Gasteiger partial charge < -0.3 is 9.52 Å². The minimum atomic E-state index is -0.861. The number of hydrogen-bond donors (Lipinski definition) is 1. The van der Waals surface area contributed by atoms with E-state index in [9.17, 15) is 18.8 Å². The largest absolute Gasteiger partial charge is 0.481 e. The van der Waals surface area contributed by atoms with Gasteiger partial charge in [-0.05, 0) is 54.9 Å². The number of carboxylic acid groups (broad SMARTS) is 1. The normalized spacial score (nSPS) is 15.5. The zero-order valence-corrected chi connectivity index (χ0v) is 17.6. The average Bonchev–Trinajstić information content (AvgIpc) is 3.21. The van der Waals surface area contributed by atoms with Crippen molar-refractivity contribution in [3.8, 4) is 11.3 Å². The van der Waals surface area contributed by atoms with Crippen molar-refractivity contribution in [2.75, 3.05) is 6.54 Å². The first kappa shape index (κ1) is 21.3. The monoisotopic (exact) mass is 481 g/mol. The fraction of sp³-hybridized carbons (Fsp3) is 0.250. The van der Waals surface area contributed by atoms with Crippen LogP contribution in [0.25, 0.3) is 17.4 Å². The summed E-state index contributed by atoms with van der Waals surface area (Å²) in [6.45, 7) is 0.245. The predicted octanol–water partition coefficient (Wildman–Crippen LogP) is 5.53. The molecule has 152 valence electrons. The minimum absolute atomic E-state index is 0.0710. The summed E-state index contributed by atoms with van der Waals surface area (Å²) in [5.74, 6) is -1.05. The molecule has 29 heavy (non-hydrogen) atoms. The Morgan fingerprint density at radius 2 is 2.00 bits per heavy atom. The van der Waals surface area contributed by atoms with E-state index in [1.54, 1.807) is 24.3 Å². The number of carboxylic acids is 1. The average molecular weight is 482 g/mol. The molecule has 1 aromatic heterocycles. The highest BCUT2D eigenvalue weighted by atomic mass is 79.9. The number of benzene rings is 1. The lowest BCUT2D eigenvalue weighted by atomic mass is 10.1. The number of aliphatic carboxylic acids is 1. The summed E-state index contributed by atoms with van der Waals surface area (Å²) >= 11 is 4.02. The summed E-state index contributed by atoms with van der Waals surface area (Å²) < 4.78 is 20.3. The van der Waals surface area contributed by atoms with Gasteiger partial charge >= 0.3 is 5.97 Å². The number of thioether (sulfide) groups is 1. The van der Waals surface area contributed by atoms with Crippen molar-refractivity contribution in [2.45, 2.75) is 25.7 Å². The summed E-state index contributed by atoms with van der Waals surface area (Å²) in [6.07, 6.45) is 3.21. The van der Waals surface area contributed by atoms with Gasteiger partial charge in [-0.25, -0.2) is 4.39 Å². The molecule has 1 N–H and O–H groups in total. The molecular weight excluding hydrogens is 465 g/mol. The number of carbonyl (C=O) groups excluding carboxylic acids is 2. The van der Waals surface area contributed by atoms with E-state index < -0.39 is 17.7 Å². The lowest BCUT2D eigenvalue weighted by Crippen LogP contribution is -2.29. The molecule has 0 unspecified atom stereocenters. The zero-order valence-electron chi connectivity index (χ0n) is 15.2. The van der Waals surface area contributed by atoms with Crippen LogP contribution < -0.4 is 0 Å². The van der Waals surface area contributed by atoms with Gasteiger partial charge in [0.25, 0.3) is 11.1 Å². The van der Waals surface area contributed by atoms with Gasteiger partial charge in [0, 0.05) is 23.5 Å². The van der Waals surface area contributed by atoms with Crippen LogP contribution >= 0.6 is 27.7 Å². The van der Waals surface area contributed by atoms with Crippen LogP contribution in [0.2, 0.25) is 0 Å². The number of nitrogens with zero attached hydrogens (tertiary/aromatic N) is 1. The molecule has 3 rings (SSSR count). The number of furan rings is 1. The fourth-order valence-electron chi connectivity index (χ4n) is 2.81. The molecule has 1 aromatic carbocycles. The second-order valence-electron chi connectivity index (χ2n) is 6.36. The number of amides is 2. The molecule has 2 aromatic rings. The van der Waals surface area contributed by atoms with E-state index >= 15 is 0 Å². The molecule has 0 radical (unpaired) electrons. The van der Waals surface area contributed by atoms with Crippen LogP contribution in [0, 0.1) is 5.82 Å². The van der Waals surface area contributed by atoms with Crippen LogP contribution in [0.4, 0.5) is 9.18 Å². The third kappa shape index (κ3) is 5.36. The van der Waals surface area contributed by atoms with E-state index in [0.29, 0.717) is 40.8 Å². The molecule has 0 atom stereocenters. The van der Waals surface area contributed by atoms with Crippen molar-refractivity contribution in [1.29, 1.82) is 0 Å². The Bertz CT molecular complexity index is 987. The Labute approximate surface area is 178 Å². The van der Waals surface area contributed by atoms with Gasteiger partial charge in [-0.3, -0.25) is 19.3 Å². The van der Waals surface area contributed by atoms with Crippen molar-refractivity contribution in [2.24, 2.45) is 0 Å². The third-order valence-corrected chi connectivity index (χ3v) is 5.64. The SMILES string of the molecule is O=C(O)CCCCCN1C(=O)S/C(=C\c2ccc(-c3ccc(Br)cc3F)o2)C1=O.